The Bertz CT molecular complexity index is 1020. The molecule has 3 rings (SSSR count). The second-order valence-electron chi connectivity index (χ2n) is 8.17. The van der Waals surface area contributed by atoms with Gasteiger partial charge in [-0.05, 0) is 42.2 Å². The summed E-state index contributed by atoms with van der Waals surface area (Å²) in [4.78, 5) is 12.7. The van der Waals surface area contributed by atoms with E-state index in [-0.39, 0.29) is 16.6 Å². The molecular formula is C23H28N4O2S. The van der Waals surface area contributed by atoms with E-state index in [4.69, 9.17) is 4.74 Å². The van der Waals surface area contributed by atoms with Gasteiger partial charge in [-0.3, -0.25) is 4.79 Å². The maximum absolute atomic E-state index is 12.7. The highest BCUT2D eigenvalue weighted by atomic mass is 32.2. The van der Waals surface area contributed by atoms with Crippen molar-refractivity contribution in [2.75, 3.05) is 12.4 Å². The van der Waals surface area contributed by atoms with E-state index in [1.807, 2.05) is 54.9 Å². The number of benzene rings is 2. The molecule has 30 heavy (non-hydrogen) atoms. The van der Waals surface area contributed by atoms with Crippen molar-refractivity contribution >= 4 is 23.4 Å². The fraction of sp³-hybridized carbons (Fsp3) is 0.348. The van der Waals surface area contributed by atoms with Crippen LogP contribution in [0.4, 0.5) is 5.69 Å². The van der Waals surface area contributed by atoms with E-state index < -0.39 is 0 Å². The number of nitrogens with one attached hydrogen (secondary N) is 1. The van der Waals surface area contributed by atoms with Crippen molar-refractivity contribution in [2.24, 2.45) is 7.05 Å². The number of ether oxygens (including phenoxy) is 1. The van der Waals surface area contributed by atoms with Gasteiger partial charge in [-0.1, -0.05) is 56.8 Å². The molecule has 1 aromatic heterocycles. The van der Waals surface area contributed by atoms with Crippen molar-refractivity contribution in [1.82, 2.24) is 14.8 Å². The third-order valence-electron chi connectivity index (χ3n) is 4.83. The fourth-order valence-corrected chi connectivity index (χ4v) is 3.75. The minimum Gasteiger partial charge on any atom is -0.497 e. The Morgan fingerprint density at radius 2 is 1.83 bits per heavy atom. The fourth-order valence-electron chi connectivity index (χ4n) is 2.94. The van der Waals surface area contributed by atoms with Crippen LogP contribution < -0.4 is 10.1 Å². The minimum atomic E-state index is -0.326. The van der Waals surface area contributed by atoms with Crippen LogP contribution >= 0.6 is 11.8 Å². The third kappa shape index (κ3) is 5.02. The molecule has 158 valence electrons. The zero-order valence-corrected chi connectivity index (χ0v) is 19.1. The summed E-state index contributed by atoms with van der Waals surface area (Å²) in [5.74, 6) is 1.41. The number of methoxy groups -OCH3 is 1. The molecule has 1 N–H and O–H groups in total. The maximum atomic E-state index is 12.7. The average Bonchev–Trinajstić information content (AvgIpc) is 3.08. The molecule has 1 amide bonds. The lowest BCUT2D eigenvalue weighted by Gasteiger charge is -2.19. The summed E-state index contributed by atoms with van der Waals surface area (Å²) in [6.45, 7) is 8.36. The van der Waals surface area contributed by atoms with Crippen LogP contribution in [-0.2, 0) is 17.3 Å². The normalized spacial score (nSPS) is 12.5. The molecule has 1 atom stereocenters. The van der Waals surface area contributed by atoms with Gasteiger partial charge in [-0.15, -0.1) is 10.2 Å². The van der Waals surface area contributed by atoms with Crippen molar-refractivity contribution in [3.05, 3.63) is 54.1 Å². The number of carbonyl (C=O) groups excluding carboxylic acids is 1. The molecular weight excluding hydrogens is 396 g/mol. The highest BCUT2D eigenvalue weighted by Crippen LogP contribution is 2.28. The van der Waals surface area contributed by atoms with Gasteiger partial charge in [0.2, 0.25) is 5.91 Å². The maximum Gasteiger partial charge on any atom is 0.237 e. The molecule has 0 spiro atoms. The van der Waals surface area contributed by atoms with Crippen molar-refractivity contribution in [1.29, 1.82) is 0 Å². The van der Waals surface area contributed by atoms with Crippen LogP contribution in [0.1, 0.15) is 33.3 Å². The summed E-state index contributed by atoms with van der Waals surface area (Å²) >= 11 is 1.38. The number of thioether (sulfide) groups is 1. The van der Waals surface area contributed by atoms with E-state index >= 15 is 0 Å². The van der Waals surface area contributed by atoms with Crippen LogP contribution in [-0.4, -0.2) is 33.0 Å². The third-order valence-corrected chi connectivity index (χ3v) is 5.97. The molecule has 0 saturated heterocycles. The zero-order valence-electron chi connectivity index (χ0n) is 18.3. The molecule has 2 aromatic carbocycles. The number of hydrogen-bond donors (Lipinski definition) is 1. The van der Waals surface area contributed by atoms with Gasteiger partial charge < -0.3 is 14.6 Å². The molecule has 1 unspecified atom stereocenters. The predicted octanol–water partition coefficient (Wildman–Crippen LogP) is 4.91. The van der Waals surface area contributed by atoms with Gasteiger partial charge in [0, 0.05) is 18.3 Å². The lowest BCUT2D eigenvalue weighted by Crippen LogP contribution is -2.23. The van der Waals surface area contributed by atoms with E-state index in [0.717, 1.165) is 22.8 Å². The zero-order chi connectivity index (χ0) is 21.9. The van der Waals surface area contributed by atoms with Crippen molar-refractivity contribution in [3.63, 3.8) is 0 Å². The van der Waals surface area contributed by atoms with Gasteiger partial charge in [0.1, 0.15) is 5.75 Å². The smallest absolute Gasteiger partial charge is 0.237 e. The Morgan fingerprint density at radius 3 is 2.47 bits per heavy atom. The number of amides is 1. The molecule has 7 heteroatoms. The van der Waals surface area contributed by atoms with Crippen LogP contribution in [0.15, 0.2) is 53.7 Å². The van der Waals surface area contributed by atoms with Crippen LogP contribution in [0.25, 0.3) is 11.4 Å². The second-order valence-corrected chi connectivity index (χ2v) is 9.48. The Hall–Kier alpha value is -2.80. The number of rotatable bonds is 6. The van der Waals surface area contributed by atoms with E-state index in [1.165, 1.54) is 17.3 Å². The molecule has 0 bridgehead atoms. The predicted molar refractivity (Wildman–Crippen MR) is 122 cm³/mol. The number of aromatic nitrogens is 3. The standard InChI is InChI=1S/C23H28N4O2S/c1-15(21(28)24-18-12-10-17(11-13-18)23(2,3)4)30-22-26-25-20(27(22)5)16-8-7-9-19(14-16)29-6/h7-15H,1-6H3,(H,24,28). The first kappa shape index (κ1) is 21.9. The highest BCUT2D eigenvalue weighted by Gasteiger charge is 2.20. The molecule has 0 radical (unpaired) electrons. The van der Waals surface area contributed by atoms with Gasteiger partial charge in [-0.2, -0.15) is 0 Å². The van der Waals surface area contributed by atoms with Gasteiger partial charge in [0.05, 0.1) is 12.4 Å². The van der Waals surface area contributed by atoms with Crippen LogP contribution in [0.3, 0.4) is 0 Å². The van der Waals surface area contributed by atoms with Gasteiger partial charge >= 0.3 is 0 Å². The molecule has 3 aromatic rings. The van der Waals surface area contributed by atoms with Crippen LogP contribution in [0.2, 0.25) is 0 Å². The SMILES string of the molecule is COc1cccc(-c2nnc(SC(C)C(=O)Nc3ccc(C(C)(C)C)cc3)n2C)c1. The molecule has 0 aliphatic heterocycles. The topological polar surface area (TPSA) is 69.0 Å². The molecule has 0 saturated carbocycles. The summed E-state index contributed by atoms with van der Waals surface area (Å²) in [6.07, 6.45) is 0. The van der Waals surface area contributed by atoms with E-state index in [1.54, 1.807) is 7.11 Å². The lowest BCUT2D eigenvalue weighted by atomic mass is 9.87. The van der Waals surface area contributed by atoms with Gasteiger partial charge in [-0.25, -0.2) is 0 Å². The first-order valence-corrected chi connectivity index (χ1v) is 10.7. The van der Waals surface area contributed by atoms with E-state index in [0.29, 0.717) is 5.16 Å². The van der Waals surface area contributed by atoms with Gasteiger partial charge in [0.15, 0.2) is 11.0 Å². The summed E-state index contributed by atoms with van der Waals surface area (Å²) in [6, 6.07) is 15.7. The highest BCUT2D eigenvalue weighted by molar-refractivity contribution is 8.00. The van der Waals surface area contributed by atoms with Crippen LogP contribution in [0, 0.1) is 0 Å². The number of hydrogen-bond acceptors (Lipinski definition) is 5. The number of nitrogens with zero attached hydrogens (tertiary/aromatic N) is 3. The molecule has 0 aliphatic rings. The van der Waals surface area contributed by atoms with E-state index in [9.17, 15) is 4.79 Å². The quantitative estimate of drug-likeness (QED) is 0.570. The Morgan fingerprint density at radius 1 is 1.13 bits per heavy atom. The van der Waals surface area contributed by atoms with Crippen molar-refractivity contribution in [2.45, 2.75) is 43.5 Å². The number of anilines is 1. The average molecular weight is 425 g/mol. The van der Waals surface area contributed by atoms with Crippen molar-refractivity contribution < 1.29 is 9.53 Å². The van der Waals surface area contributed by atoms with Crippen molar-refractivity contribution in [3.8, 4) is 17.1 Å². The first-order valence-electron chi connectivity index (χ1n) is 9.81. The summed E-state index contributed by atoms with van der Waals surface area (Å²) in [5, 5.41) is 11.9. The monoisotopic (exact) mass is 424 g/mol. The molecule has 1 heterocycles. The second kappa shape index (κ2) is 8.92. The van der Waals surface area contributed by atoms with Gasteiger partial charge in [0.25, 0.3) is 0 Å². The number of carbonyl (C=O) groups is 1. The largest absolute Gasteiger partial charge is 0.497 e. The molecule has 6 nitrogen and oxygen atoms in total. The molecule has 0 aliphatic carbocycles. The summed E-state index contributed by atoms with van der Waals surface area (Å²) in [5.41, 5.74) is 3.01. The Labute approximate surface area is 182 Å². The Balaban J connectivity index is 1.68. The molecule has 0 fully saturated rings. The lowest BCUT2D eigenvalue weighted by molar-refractivity contribution is -0.115. The first-order chi connectivity index (χ1) is 14.2. The van der Waals surface area contributed by atoms with Crippen LogP contribution in [0.5, 0.6) is 5.75 Å². The summed E-state index contributed by atoms with van der Waals surface area (Å²) < 4.78 is 7.18. The Kier molecular flexibility index (Phi) is 6.51. The van der Waals surface area contributed by atoms with E-state index in [2.05, 4.69) is 48.4 Å². The minimum absolute atomic E-state index is 0.0746. The summed E-state index contributed by atoms with van der Waals surface area (Å²) in [7, 11) is 3.53.